The third kappa shape index (κ3) is 4.60. The molecule has 1 heteroatoms. The monoisotopic (exact) mass is 213 g/mol. The van der Waals surface area contributed by atoms with Crippen molar-refractivity contribution < 1.29 is 22.2 Å². The SMILES string of the molecule is [2H]C1=CC=CC([2H])CCC1.[Rh]. The molecule has 0 saturated carbocycles. The van der Waals surface area contributed by atoms with Gasteiger partial charge in [-0.05, 0) is 25.7 Å². The van der Waals surface area contributed by atoms with Gasteiger partial charge >= 0.3 is 0 Å². The Balaban J connectivity index is 0.000001000. The summed E-state index contributed by atoms with van der Waals surface area (Å²) in [7, 11) is 0. The molecular formula is C8H12Rh. The molecule has 0 aromatic rings. The summed E-state index contributed by atoms with van der Waals surface area (Å²) in [5.41, 5.74) is 0. The maximum atomic E-state index is 7.40. The zero-order valence-corrected chi connectivity index (χ0v) is 6.90. The molecule has 0 aromatic heterocycles. The molecule has 1 rings (SSSR count). The predicted molar refractivity (Wildman–Crippen MR) is 36.7 cm³/mol. The molecule has 0 spiro atoms. The van der Waals surface area contributed by atoms with Crippen LogP contribution in [-0.4, -0.2) is 0 Å². The molecule has 1 unspecified atom stereocenters. The molecule has 0 heterocycles. The van der Waals surface area contributed by atoms with Crippen LogP contribution in [0.1, 0.15) is 28.4 Å². The summed E-state index contributed by atoms with van der Waals surface area (Å²) in [5.74, 6) is 0. The Hall–Kier alpha value is 0.103. The molecule has 1 atom stereocenters. The maximum Gasteiger partial charge on any atom is 0.0576 e. The standard InChI is InChI=1S/C8H12.Rh/c1-2-4-6-8-7-5-3-1;/h1-4H,5-8H2;/i3D,6D;. The van der Waals surface area contributed by atoms with Gasteiger partial charge in [-0.3, -0.25) is 0 Å². The molecule has 0 bridgehead atoms. The minimum Gasteiger partial charge on any atom is -0.0845 e. The maximum absolute atomic E-state index is 7.40. The summed E-state index contributed by atoms with van der Waals surface area (Å²) < 4.78 is 14.7. The summed E-state index contributed by atoms with van der Waals surface area (Å²) in [5, 5.41) is 0. The van der Waals surface area contributed by atoms with Gasteiger partial charge in [0, 0.05) is 20.8 Å². The Morgan fingerprint density at radius 1 is 1.33 bits per heavy atom. The topological polar surface area (TPSA) is 0 Å². The molecule has 1 aliphatic carbocycles. The third-order valence-electron chi connectivity index (χ3n) is 1.15. The molecule has 0 fully saturated rings. The summed E-state index contributed by atoms with van der Waals surface area (Å²) >= 11 is 0. The van der Waals surface area contributed by atoms with E-state index in [1.165, 1.54) is 0 Å². The van der Waals surface area contributed by atoms with Crippen molar-refractivity contribution in [3.63, 3.8) is 0 Å². The van der Waals surface area contributed by atoms with Crippen LogP contribution in [0.2, 0.25) is 0 Å². The van der Waals surface area contributed by atoms with Gasteiger partial charge in [0.2, 0.25) is 0 Å². The van der Waals surface area contributed by atoms with E-state index in [4.69, 9.17) is 2.74 Å². The van der Waals surface area contributed by atoms with Gasteiger partial charge in [0.1, 0.15) is 0 Å². The molecule has 53 valence electrons. The second-order valence-electron chi connectivity index (χ2n) is 1.88. The van der Waals surface area contributed by atoms with Crippen LogP contribution in [0.3, 0.4) is 0 Å². The molecule has 0 aromatic carbocycles. The first kappa shape index (κ1) is 5.86. The van der Waals surface area contributed by atoms with Crippen LogP contribution < -0.4 is 0 Å². The van der Waals surface area contributed by atoms with Gasteiger partial charge in [0.25, 0.3) is 0 Å². The Kier molecular flexibility index (Phi) is 4.05. The fourth-order valence-corrected chi connectivity index (χ4v) is 0.704. The summed E-state index contributed by atoms with van der Waals surface area (Å²) in [6.07, 6.45) is 8.10. The van der Waals surface area contributed by atoms with E-state index in [2.05, 4.69) is 0 Å². The van der Waals surface area contributed by atoms with Crippen molar-refractivity contribution in [1.82, 2.24) is 0 Å². The molecule has 0 saturated heterocycles. The van der Waals surface area contributed by atoms with Crippen LogP contribution in [0.15, 0.2) is 24.3 Å². The summed E-state index contributed by atoms with van der Waals surface area (Å²) in [6, 6.07) is 0.683. The smallest absolute Gasteiger partial charge is 0.0576 e. The van der Waals surface area contributed by atoms with E-state index in [-0.39, 0.29) is 25.9 Å². The normalized spacial score (nSPS) is 30.2. The van der Waals surface area contributed by atoms with Crippen molar-refractivity contribution in [2.75, 3.05) is 0 Å². The Labute approximate surface area is 72.6 Å². The average molecular weight is 213 g/mol. The number of allylic oxidation sites excluding steroid dienone is 4. The quantitative estimate of drug-likeness (QED) is 0.542. The molecular weight excluding hydrogens is 199 g/mol. The van der Waals surface area contributed by atoms with Crippen molar-refractivity contribution in [3.8, 4) is 0 Å². The van der Waals surface area contributed by atoms with E-state index in [9.17, 15) is 0 Å². The van der Waals surface area contributed by atoms with E-state index in [1.807, 2.05) is 12.2 Å². The van der Waals surface area contributed by atoms with Gasteiger partial charge in [-0.15, -0.1) is 0 Å². The fraction of sp³-hybridized carbons (Fsp3) is 0.500. The first-order valence-electron chi connectivity index (χ1n) is 4.13. The number of hydrogen-bond donors (Lipinski definition) is 0. The zero-order chi connectivity index (χ0) is 7.40. The largest absolute Gasteiger partial charge is 0.0845 e. The van der Waals surface area contributed by atoms with E-state index in [0.29, 0.717) is 6.05 Å². The Morgan fingerprint density at radius 2 is 2.22 bits per heavy atom. The number of rotatable bonds is 0. The molecule has 0 aliphatic heterocycles. The molecule has 0 N–H and O–H groups in total. The van der Waals surface area contributed by atoms with Gasteiger partial charge in [-0.2, -0.15) is 0 Å². The van der Waals surface area contributed by atoms with Crippen molar-refractivity contribution in [3.05, 3.63) is 24.3 Å². The summed E-state index contributed by atoms with van der Waals surface area (Å²) in [4.78, 5) is 0. The minimum absolute atomic E-state index is 0. The van der Waals surface area contributed by atoms with Crippen LogP contribution in [0.5, 0.6) is 0 Å². The fourth-order valence-electron chi connectivity index (χ4n) is 0.704. The second kappa shape index (κ2) is 6.23. The Morgan fingerprint density at radius 3 is 3.11 bits per heavy atom. The minimum atomic E-state index is -0.0515. The van der Waals surface area contributed by atoms with Crippen molar-refractivity contribution in [1.29, 1.82) is 0 Å². The van der Waals surface area contributed by atoms with Crippen LogP contribution in [0.25, 0.3) is 0 Å². The molecule has 1 radical (unpaired) electrons. The van der Waals surface area contributed by atoms with Gasteiger partial charge in [0.05, 0.1) is 1.37 Å². The van der Waals surface area contributed by atoms with Gasteiger partial charge in [-0.25, -0.2) is 0 Å². The van der Waals surface area contributed by atoms with Crippen molar-refractivity contribution >= 4 is 0 Å². The predicted octanol–water partition coefficient (Wildman–Crippen LogP) is 2.67. The van der Waals surface area contributed by atoms with Crippen LogP contribution >= 0.6 is 0 Å². The van der Waals surface area contributed by atoms with Crippen LogP contribution in [-0.2, 0) is 19.5 Å². The second-order valence-corrected chi connectivity index (χ2v) is 1.88. The summed E-state index contributed by atoms with van der Waals surface area (Å²) in [6.45, 7) is 0. The third-order valence-corrected chi connectivity index (χ3v) is 1.15. The average Bonchev–Trinajstić information content (AvgIpc) is 1.84. The first-order chi connectivity index (χ1) is 4.79. The van der Waals surface area contributed by atoms with E-state index >= 15 is 0 Å². The van der Waals surface area contributed by atoms with Gasteiger partial charge in [0.15, 0.2) is 0 Å². The molecule has 0 amide bonds. The van der Waals surface area contributed by atoms with Crippen molar-refractivity contribution in [2.24, 2.45) is 0 Å². The van der Waals surface area contributed by atoms with Crippen molar-refractivity contribution in [2.45, 2.75) is 25.7 Å². The van der Waals surface area contributed by atoms with Gasteiger partial charge in [-0.1, -0.05) is 24.3 Å². The molecule has 1 aliphatic rings. The van der Waals surface area contributed by atoms with E-state index < -0.39 is 0 Å². The van der Waals surface area contributed by atoms with Crippen LogP contribution in [0.4, 0.5) is 0 Å². The first-order valence-corrected chi connectivity index (χ1v) is 3.05. The number of hydrogen-bond acceptors (Lipinski definition) is 0. The Bertz CT molecular complexity index is 163. The van der Waals surface area contributed by atoms with E-state index in [1.54, 1.807) is 6.08 Å². The molecule has 0 nitrogen and oxygen atoms in total. The van der Waals surface area contributed by atoms with Crippen LogP contribution in [0, 0.1) is 0 Å². The van der Waals surface area contributed by atoms with E-state index in [0.717, 1.165) is 19.3 Å². The molecule has 9 heavy (non-hydrogen) atoms. The van der Waals surface area contributed by atoms with Gasteiger partial charge < -0.3 is 0 Å². The zero-order valence-electron chi connectivity index (χ0n) is 7.26.